The molecular formula is C6H10N2. The molecule has 0 atom stereocenters. The van der Waals surface area contributed by atoms with Crippen LogP contribution in [0.1, 0.15) is 6.92 Å². The summed E-state index contributed by atoms with van der Waals surface area (Å²) >= 11 is 0. The zero-order valence-corrected chi connectivity index (χ0v) is 4.99. The molecule has 0 unspecified atom stereocenters. The topological polar surface area (TPSA) is 24.1 Å². The Bertz CT molecular complexity index is 135. The van der Waals surface area contributed by atoms with Crippen molar-refractivity contribution in [3.63, 3.8) is 0 Å². The van der Waals surface area contributed by atoms with E-state index in [9.17, 15) is 0 Å². The van der Waals surface area contributed by atoms with E-state index >= 15 is 0 Å². The molecule has 2 N–H and O–H groups in total. The van der Waals surface area contributed by atoms with E-state index in [1.54, 1.807) is 0 Å². The summed E-state index contributed by atoms with van der Waals surface area (Å²) in [5.41, 5.74) is 2.30. The molecule has 0 fully saturated rings. The Kier molecular flexibility index (Phi) is 1.24. The van der Waals surface area contributed by atoms with Crippen LogP contribution in [0.4, 0.5) is 0 Å². The van der Waals surface area contributed by atoms with E-state index in [0.717, 1.165) is 12.4 Å². The maximum atomic E-state index is 3.63. The minimum absolute atomic E-state index is 0.840. The summed E-state index contributed by atoms with van der Waals surface area (Å²) < 4.78 is 0. The first-order valence-electron chi connectivity index (χ1n) is 2.65. The van der Waals surface area contributed by atoms with Crippen molar-refractivity contribution >= 4 is 0 Å². The fourth-order valence-corrected chi connectivity index (χ4v) is 0.725. The number of nitrogens with one attached hydrogen (secondary N) is 2. The second-order valence-electron chi connectivity index (χ2n) is 1.77. The first-order valence-corrected chi connectivity index (χ1v) is 2.65. The number of allylic oxidation sites excluding steroid dienone is 2. The van der Waals surface area contributed by atoms with Crippen molar-refractivity contribution in [3.8, 4) is 0 Å². The lowest BCUT2D eigenvalue weighted by Crippen LogP contribution is -2.14. The summed E-state index contributed by atoms with van der Waals surface area (Å²) in [6.07, 6.45) is 1.81. The Balaban J connectivity index is 2.72. The van der Waals surface area contributed by atoms with Crippen molar-refractivity contribution in [2.24, 2.45) is 0 Å². The molecule has 2 nitrogen and oxygen atoms in total. The van der Waals surface area contributed by atoms with Crippen molar-refractivity contribution in [2.75, 3.05) is 6.67 Å². The van der Waals surface area contributed by atoms with Crippen LogP contribution in [0.2, 0.25) is 0 Å². The highest BCUT2D eigenvalue weighted by Gasteiger charge is 2.02. The van der Waals surface area contributed by atoms with E-state index in [1.165, 1.54) is 5.70 Å². The van der Waals surface area contributed by atoms with Crippen LogP contribution >= 0.6 is 0 Å². The monoisotopic (exact) mass is 110 g/mol. The lowest BCUT2D eigenvalue weighted by Gasteiger charge is -1.90. The Morgan fingerprint density at radius 1 is 1.62 bits per heavy atom. The largest absolute Gasteiger partial charge is 0.370 e. The number of rotatable bonds is 1. The Labute approximate surface area is 49.3 Å². The van der Waals surface area contributed by atoms with Crippen LogP contribution in [0.15, 0.2) is 24.0 Å². The molecule has 0 aliphatic carbocycles. The molecule has 8 heavy (non-hydrogen) atoms. The van der Waals surface area contributed by atoms with Gasteiger partial charge in [-0.2, -0.15) is 0 Å². The molecule has 0 bridgehead atoms. The normalized spacial score (nSPS) is 17.6. The van der Waals surface area contributed by atoms with Crippen molar-refractivity contribution in [3.05, 3.63) is 24.0 Å². The number of hydrogen-bond donors (Lipinski definition) is 2. The van der Waals surface area contributed by atoms with Gasteiger partial charge in [0.1, 0.15) is 0 Å². The second kappa shape index (κ2) is 1.90. The first-order chi connectivity index (χ1) is 3.84. The van der Waals surface area contributed by atoms with Gasteiger partial charge in [0.2, 0.25) is 0 Å². The van der Waals surface area contributed by atoms with Gasteiger partial charge in [-0.3, -0.25) is 0 Å². The quantitative estimate of drug-likeness (QED) is 0.515. The van der Waals surface area contributed by atoms with Crippen LogP contribution in [0.3, 0.4) is 0 Å². The molecule has 0 saturated carbocycles. The van der Waals surface area contributed by atoms with E-state index in [1.807, 2.05) is 13.0 Å². The zero-order chi connectivity index (χ0) is 5.98. The van der Waals surface area contributed by atoms with E-state index in [-0.39, 0.29) is 0 Å². The molecule has 0 radical (unpaired) electrons. The molecule has 1 rings (SSSR count). The molecule has 1 heterocycles. The standard InChI is InChI=1S/C6H10N2/c1-3-6-5(2)7-4-8-6/h3,7-8H,1,4H2,2H3. The van der Waals surface area contributed by atoms with Crippen molar-refractivity contribution in [1.82, 2.24) is 10.6 Å². The first kappa shape index (κ1) is 5.22. The third kappa shape index (κ3) is 0.689. The molecule has 44 valence electrons. The van der Waals surface area contributed by atoms with Gasteiger partial charge in [0.25, 0.3) is 0 Å². The maximum Gasteiger partial charge on any atom is 0.0848 e. The van der Waals surface area contributed by atoms with Crippen molar-refractivity contribution in [1.29, 1.82) is 0 Å². The summed E-state index contributed by atoms with van der Waals surface area (Å²) in [5, 5.41) is 6.22. The highest BCUT2D eigenvalue weighted by molar-refractivity contribution is 5.23. The molecule has 0 aromatic carbocycles. The van der Waals surface area contributed by atoms with Gasteiger partial charge in [-0.05, 0) is 13.0 Å². The van der Waals surface area contributed by atoms with Crippen molar-refractivity contribution in [2.45, 2.75) is 6.92 Å². The van der Waals surface area contributed by atoms with Gasteiger partial charge in [0, 0.05) is 5.70 Å². The molecule has 0 aromatic rings. The molecule has 0 aromatic heterocycles. The molecule has 0 amide bonds. The summed E-state index contributed by atoms with van der Waals surface area (Å²) in [6, 6.07) is 0. The van der Waals surface area contributed by atoms with Crippen LogP contribution in [0.25, 0.3) is 0 Å². The van der Waals surface area contributed by atoms with Crippen LogP contribution in [-0.4, -0.2) is 6.67 Å². The van der Waals surface area contributed by atoms with Gasteiger partial charge in [-0.25, -0.2) is 0 Å². The number of hydrogen-bond acceptors (Lipinski definition) is 2. The minimum Gasteiger partial charge on any atom is -0.370 e. The van der Waals surface area contributed by atoms with E-state index in [4.69, 9.17) is 0 Å². The molecule has 0 saturated heterocycles. The van der Waals surface area contributed by atoms with Gasteiger partial charge in [-0.1, -0.05) is 6.58 Å². The Morgan fingerprint density at radius 3 is 2.62 bits per heavy atom. The zero-order valence-electron chi connectivity index (χ0n) is 4.99. The summed E-state index contributed by atoms with van der Waals surface area (Å²) in [5.74, 6) is 0. The van der Waals surface area contributed by atoms with Crippen LogP contribution < -0.4 is 10.6 Å². The summed E-state index contributed by atoms with van der Waals surface area (Å²) in [4.78, 5) is 0. The van der Waals surface area contributed by atoms with Crippen LogP contribution in [0.5, 0.6) is 0 Å². The Morgan fingerprint density at radius 2 is 2.38 bits per heavy atom. The van der Waals surface area contributed by atoms with Crippen LogP contribution in [0, 0.1) is 0 Å². The van der Waals surface area contributed by atoms with E-state index in [2.05, 4.69) is 17.2 Å². The minimum atomic E-state index is 0.840. The van der Waals surface area contributed by atoms with Gasteiger partial charge in [-0.15, -0.1) is 0 Å². The van der Waals surface area contributed by atoms with Gasteiger partial charge in [0.05, 0.1) is 12.4 Å². The summed E-state index contributed by atoms with van der Waals surface area (Å²) in [7, 11) is 0. The third-order valence-electron chi connectivity index (χ3n) is 1.24. The highest BCUT2D eigenvalue weighted by atomic mass is 15.1. The maximum absolute atomic E-state index is 3.63. The molecular weight excluding hydrogens is 100 g/mol. The smallest absolute Gasteiger partial charge is 0.0848 e. The molecule has 1 aliphatic rings. The predicted molar refractivity (Wildman–Crippen MR) is 34.0 cm³/mol. The van der Waals surface area contributed by atoms with E-state index < -0.39 is 0 Å². The lowest BCUT2D eigenvalue weighted by atomic mass is 10.4. The molecule has 0 spiro atoms. The average molecular weight is 110 g/mol. The molecule has 1 aliphatic heterocycles. The fraction of sp³-hybridized carbons (Fsp3) is 0.333. The SMILES string of the molecule is C=CC1=C(C)NCN1. The third-order valence-corrected chi connectivity index (χ3v) is 1.24. The second-order valence-corrected chi connectivity index (χ2v) is 1.77. The predicted octanol–water partition coefficient (Wildman–Crippen LogP) is 0.554. The Hall–Kier alpha value is -0.920. The van der Waals surface area contributed by atoms with Crippen molar-refractivity contribution < 1.29 is 0 Å². The fourth-order valence-electron chi connectivity index (χ4n) is 0.725. The molecule has 2 heteroatoms. The van der Waals surface area contributed by atoms with Gasteiger partial charge >= 0.3 is 0 Å². The van der Waals surface area contributed by atoms with Gasteiger partial charge < -0.3 is 10.6 Å². The lowest BCUT2D eigenvalue weighted by molar-refractivity contribution is 0.804. The van der Waals surface area contributed by atoms with E-state index in [0.29, 0.717) is 0 Å². The average Bonchev–Trinajstić information content (AvgIpc) is 2.14. The summed E-state index contributed by atoms with van der Waals surface area (Å²) in [6.45, 7) is 6.50. The highest BCUT2D eigenvalue weighted by Crippen LogP contribution is 2.01. The van der Waals surface area contributed by atoms with Gasteiger partial charge in [0.15, 0.2) is 0 Å². The van der Waals surface area contributed by atoms with Crippen LogP contribution in [-0.2, 0) is 0 Å².